The standard InChI is InChI=1S/C12H18N2S/c1-5-6-7-13-8-11-14-10(9-15-11)12(2,3)4/h1,9,13H,6-8H2,2-4H3. The number of hydrogen-bond donors (Lipinski definition) is 1. The first-order valence-corrected chi connectivity index (χ1v) is 6.01. The molecule has 1 heterocycles. The van der Waals surface area contributed by atoms with Crippen LogP contribution in [0, 0.1) is 12.3 Å². The Kier molecular flexibility index (Phi) is 4.31. The van der Waals surface area contributed by atoms with Crippen molar-refractivity contribution in [1.82, 2.24) is 10.3 Å². The molecular weight excluding hydrogens is 204 g/mol. The number of rotatable bonds is 4. The number of nitrogens with zero attached hydrogens (tertiary/aromatic N) is 1. The lowest BCUT2D eigenvalue weighted by molar-refractivity contribution is 0.568. The molecule has 0 atom stereocenters. The zero-order chi connectivity index (χ0) is 11.3. The van der Waals surface area contributed by atoms with Gasteiger partial charge in [-0.1, -0.05) is 20.8 Å². The third-order valence-corrected chi connectivity index (χ3v) is 2.89. The van der Waals surface area contributed by atoms with E-state index in [-0.39, 0.29) is 5.41 Å². The highest BCUT2D eigenvalue weighted by Gasteiger charge is 2.16. The van der Waals surface area contributed by atoms with Crippen LogP contribution >= 0.6 is 11.3 Å². The predicted molar refractivity (Wildman–Crippen MR) is 66.0 cm³/mol. The van der Waals surface area contributed by atoms with Crippen molar-refractivity contribution in [3.05, 3.63) is 16.1 Å². The van der Waals surface area contributed by atoms with Crippen LogP contribution in [0.5, 0.6) is 0 Å². The second kappa shape index (κ2) is 5.29. The van der Waals surface area contributed by atoms with Crippen LogP contribution in [-0.2, 0) is 12.0 Å². The van der Waals surface area contributed by atoms with Crippen molar-refractivity contribution in [2.45, 2.75) is 39.2 Å². The van der Waals surface area contributed by atoms with Crippen LogP contribution in [-0.4, -0.2) is 11.5 Å². The summed E-state index contributed by atoms with van der Waals surface area (Å²) >= 11 is 1.71. The number of aromatic nitrogens is 1. The van der Waals surface area contributed by atoms with Gasteiger partial charge in [0.1, 0.15) is 5.01 Å². The first-order chi connectivity index (χ1) is 7.04. The Morgan fingerprint density at radius 2 is 2.27 bits per heavy atom. The van der Waals surface area contributed by atoms with E-state index in [4.69, 9.17) is 6.42 Å². The summed E-state index contributed by atoms with van der Waals surface area (Å²) in [5.74, 6) is 2.60. The first-order valence-electron chi connectivity index (χ1n) is 5.13. The van der Waals surface area contributed by atoms with E-state index in [0.29, 0.717) is 0 Å². The summed E-state index contributed by atoms with van der Waals surface area (Å²) in [5, 5.41) is 6.55. The molecule has 0 unspecified atom stereocenters. The lowest BCUT2D eigenvalue weighted by Crippen LogP contribution is -2.15. The van der Waals surface area contributed by atoms with Gasteiger partial charge in [0.25, 0.3) is 0 Å². The van der Waals surface area contributed by atoms with Gasteiger partial charge in [0.2, 0.25) is 0 Å². The molecule has 15 heavy (non-hydrogen) atoms. The zero-order valence-electron chi connectivity index (χ0n) is 9.63. The van der Waals surface area contributed by atoms with Crippen molar-refractivity contribution in [2.24, 2.45) is 0 Å². The zero-order valence-corrected chi connectivity index (χ0v) is 10.4. The molecule has 0 bridgehead atoms. The molecule has 82 valence electrons. The third-order valence-electron chi connectivity index (χ3n) is 2.04. The maximum Gasteiger partial charge on any atom is 0.107 e. The molecule has 0 radical (unpaired) electrons. The highest BCUT2D eigenvalue weighted by molar-refractivity contribution is 7.09. The van der Waals surface area contributed by atoms with Gasteiger partial charge in [-0.3, -0.25) is 0 Å². The molecule has 1 rings (SSSR count). The van der Waals surface area contributed by atoms with Gasteiger partial charge in [-0.25, -0.2) is 4.98 Å². The van der Waals surface area contributed by atoms with Gasteiger partial charge in [0.05, 0.1) is 5.69 Å². The molecule has 0 amide bonds. The van der Waals surface area contributed by atoms with Crippen LogP contribution in [0.15, 0.2) is 5.38 Å². The summed E-state index contributed by atoms with van der Waals surface area (Å²) in [6, 6.07) is 0. The normalized spacial score (nSPS) is 11.3. The molecule has 1 N–H and O–H groups in total. The minimum absolute atomic E-state index is 0.146. The van der Waals surface area contributed by atoms with E-state index < -0.39 is 0 Å². The largest absolute Gasteiger partial charge is 0.310 e. The fourth-order valence-electron chi connectivity index (χ4n) is 1.09. The monoisotopic (exact) mass is 222 g/mol. The molecule has 1 aromatic heterocycles. The maximum atomic E-state index is 5.17. The van der Waals surface area contributed by atoms with Crippen molar-refractivity contribution in [2.75, 3.05) is 6.54 Å². The molecular formula is C12H18N2S. The topological polar surface area (TPSA) is 24.9 Å². The van der Waals surface area contributed by atoms with E-state index in [1.807, 2.05) is 0 Å². The van der Waals surface area contributed by atoms with E-state index in [0.717, 1.165) is 24.5 Å². The summed E-state index contributed by atoms with van der Waals surface area (Å²) in [6.45, 7) is 8.22. The van der Waals surface area contributed by atoms with Gasteiger partial charge in [-0.15, -0.1) is 23.7 Å². The Balaban J connectivity index is 2.44. The van der Waals surface area contributed by atoms with Crippen LogP contribution in [0.3, 0.4) is 0 Å². The second-order valence-corrected chi connectivity index (χ2v) is 5.45. The highest BCUT2D eigenvalue weighted by Crippen LogP contribution is 2.23. The van der Waals surface area contributed by atoms with Crippen LogP contribution in [0.25, 0.3) is 0 Å². The number of nitrogens with one attached hydrogen (secondary N) is 1. The average Bonchev–Trinajstić information content (AvgIpc) is 2.60. The Morgan fingerprint density at radius 1 is 1.53 bits per heavy atom. The molecule has 2 nitrogen and oxygen atoms in total. The van der Waals surface area contributed by atoms with Crippen LogP contribution < -0.4 is 5.32 Å². The highest BCUT2D eigenvalue weighted by atomic mass is 32.1. The van der Waals surface area contributed by atoms with Crippen molar-refractivity contribution in [3.63, 3.8) is 0 Å². The molecule has 0 aliphatic heterocycles. The Morgan fingerprint density at radius 3 is 2.80 bits per heavy atom. The lowest BCUT2D eigenvalue weighted by atomic mass is 9.93. The molecule has 0 saturated heterocycles. The van der Waals surface area contributed by atoms with Gasteiger partial charge in [-0.2, -0.15) is 0 Å². The van der Waals surface area contributed by atoms with Gasteiger partial charge >= 0.3 is 0 Å². The molecule has 1 aromatic rings. The fraction of sp³-hybridized carbons (Fsp3) is 0.583. The van der Waals surface area contributed by atoms with Crippen molar-refractivity contribution in [1.29, 1.82) is 0 Å². The second-order valence-electron chi connectivity index (χ2n) is 4.51. The molecule has 0 fully saturated rings. The van der Waals surface area contributed by atoms with Crippen molar-refractivity contribution >= 4 is 11.3 Å². The minimum Gasteiger partial charge on any atom is -0.310 e. The van der Waals surface area contributed by atoms with Gasteiger partial charge in [-0.05, 0) is 0 Å². The van der Waals surface area contributed by atoms with Gasteiger partial charge < -0.3 is 5.32 Å². The van der Waals surface area contributed by atoms with E-state index in [1.165, 1.54) is 5.69 Å². The van der Waals surface area contributed by atoms with Crippen LogP contribution in [0.1, 0.15) is 37.9 Å². The molecule has 0 saturated carbocycles. The van der Waals surface area contributed by atoms with Crippen molar-refractivity contribution < 1.29 is 0 Å². The molecule has 0 spiro atoms. The number of terminal acetylenes is 1. The average molecular weight is 222 g/mol. The predicted octanol–water partition coefficient (Wildman–Crippen LogP) is 2.55. The van der Waals surface area contributed by atoms with Crippen LogP contribution in [0.4, 0.5) is 0 Å². The molecule has 3 heteroatoms. The SMILES string of the molecule is C#CCCNCc1nc(C(C)(C)C)cs1. The van der Waals surface area contributed by atoms with Gasteiger partial charge in [0.15, 0.2) is 0 Å². The summed E-state index contributed by atoms with van der Waals surface area (Å²) in [7, 11) is 0. The Hall–Kier alpha value is -0.850. The number of hydrogen-bond acceptors (Lipinski definition) is 3. The summed E-state index contributed by atoms with van der Waals surface area (Å²) < 4.78 is 0. The fourth-order valence-corrected chi connectivity index (χ4v) is 2.08. The number of thiazole rings is 1. The molecule has 0 aliphatic rings. The molecule has 0 aromatic carbocycles. The summed E-state index contributed by atoms with van der Waals surface area (Å²) in [6.07, 6.45) is 5.94. The summed E-state index contributed by atoms with van der Waals surface area (Å²) in [4.78, 5) is 4.58. The van der Waals surface area contributed by atoms with E-state index in [9.17, 15) is 0 Å². The first kappa shape index (κ1) is 12.2. The van der Waals surface area contributed by atoms with E-state index in [1.54, 1.807) is 11.3 Å². The van der Waals surface area contributed by atoms with Crippen molar-refractivity contribution in [3.8, 4) is 12.3 Å². The van der Waals surface area contributed by atoms with E-state index in [2.05, 4.69) is 42.4 Å². The molecule has 0 aliphatic carbocycles. The minimum atomic E-state index is 0.146. The van der Waals surface area contributed by atoms with E-state index >= 15 is 0 Å². The van der Waals surface area contributed by atoms with Gasteiger partial charge in [0, 0.05) is 30.3 Å². The summed E-state index contributed by atoms with van der Waals surface area (Å²) in [5.41, 5.74) is 1.31. The van der Waals surface area contributed by atoms with Crippen LogP contribution in [0.2, 0.25) is 0 Å². The smallest absolute Gasteiger partial charge is 0.107 e. The Labute approximate surface area is 96.1 Å². The lowest BCUT2D eigenvalue weighted by Gasteiger charge is -2.14. The maximum absolute atomic E-state index is 5.17. The Bertz CT molecular complexity index is 341. The quantitative estimate of drug-likeness (QED) is 0.625. The third kappa shape index (κ3) is 4.03.